The Morgan fingerprint density at radius 3 is 2.52 bits per heavy atom. The van der Waals surface area contributed by atoms with Crippen molar-refractivity contribution < 1.29 is 22.7 Å². The number of morpholine rings is 1. The predicted molar refractivity (Wildman–Crippen MR) is 109 cm³/mol. The van der Waals surface area contributed by atoms with E-state index >= 15 is 0 Å². The molecule has 1 N–H and O–H groups in total. The maximum Gasteiger partial charge on any atom is 0.255 e. The lowest BCUT2D eigenvalue weighted by atomic mass is 10.2. The molecule has 1 fully saturated rings. The Kier molecular flexibility index (Phi) is 6.42. The van der Waals surface area contributed by atoms with E-state index in [2.05, 4.69) is 10.3 Å². The van der Waals surface area contributed by atoms with Gasteiger partial charge in [0.25, 0.3) is 5.91 Å². The first kappa shape index (κ1) is 21.5. The number of hydrogen-bond donors (Lipinski definition) is 1. The minimum Gasteiger partial charge on any atom is -0.481 e. The highest BCUT2D eigenvalue weighted by atomic mass is 35.5. The molecule has 1 aromatic heterocycles. The number of anilines is 1. The number of halogens is 1. The average Bonchev–Trinajstić information content (AvgIpc) is 2.68. The van der Waals surface area contributed by atoms with Crippen LogP contribution in [0.1, 0.15) is 24.2 Å². The van der Waals surface area contributed by atoms with Gasteiger partial charge in [-0.1, -0.05) is 11.6 Å². The maximum absolute atomic E-state index is 13.1. The molecule has 10 heteroatoms. The molecule has 0 aliphatic carbocycles. The number of nitrogens with one attached hydrogen (secondary N) is 1. The zero-order valence-electron chi connectivity index (χ0n) is 16.3. The molecular weight excluding hydrogens is 418 g/mol. The lowest BCUT2D eigenvalue weighted by Crippen LogP contribution is -2.48. The van der Waals surface area contributed by atoms with Crippen LogP contribution >= 0.6 is 11.6 Å². The number of hydrogen-bond acceptors (Lipinski definition) is 6. The van der Waals surface area contributed by atoms with Crippen molar-refractivity contribution in [3.63, 3.8) is 0 Å². The van der Waals surface area contributed by atoms with Gasteiger partial charge in [0.15, 0.2) is 0 Å². The Labute approximate surface area is 174 Å². The maximum atomic E-state index is 13.1. The molecule has 0 saturated carbocycles. The van der Waals surface area contributed by atoms with Gasteiger partial charge in [-0.15, -0.1) is 0 Å². The van der Waals surface area contributed by atoms with E-state index in [4.69, 9.17) is 21.1 Å². The van der Waals surface area contributed by atoms with Crippen LogP contribution in [-0.4, -0.2) is 56.0 Å². The third-order valence-corrected chi connectivity index (χ3v) is 6.71. The standard InChI is InChI=1S/C19H22ClN3O5S/c1-12-10-23(11-13(2)28-12)29(25,26)17-8-14(4-6-16(17)20)19(24)22-15-5-7-18(27-3)21-9-15/h4-9,12-13H,10-11H2,1-3H3,(H,22,24)/t12-,13-/m1/s1. The van der Waals surface area contributed by atoms with E-state index in [1.54, 1.807) is 12.1 Å². The molecular formula is C19H22ClN3O5S. The SMILES string of the molecule is COc1ccc(NC(=O)c2ccc(Cl)c(S(=O)(=O)N3C[C@@H](C)O[C@H](C)C3)c2)cn1. The Bertz CT molecular complexity index is 987. The highest BCUT2D eigenvalue weighted by Crippen LogP contribution is 2.28. The van der Waals surface area contributed by atoms with Crippen LogP contribution in [0.15, 0.2) is 41.4 Å². The summed E-state index contributed by atoms with van der Waals surface area (Å²) in [5, 5.41) is 2.73. The molecule has 0 unspecified atom stereocenters. The van der Waals surface area contributed by atoms with Gasteiger partial charge in [-0.25, -0.2) is 13.4 Å². The molecule has 1 aliphatic heterocycles. The summed E-state index contributed by atoms with van der Waals surface area (Å²) in [5.74, 6) is -0.0642. The van der Waals surface area contributed by atoms with Gasteiger partial charge in [-0.05, 0) is 38.1 Å². The van der Waals surface area contributed by atoms with E-state index in [1.165, 1.54) is 35.8 Å². The molecule has 0 spiro atoms. The van der Waals surface area contributed by atoms with Crippen molar-refractivity contribution in [2.75, 3.05) is 25.5 Å². The number of methoxy groups -OCH3 is 1. The predicted octanol–water partition coefficient (Wildman–Crippen LogP) is 2.79. The molecule has 1 amide bonds. The number of rotatable bonds is 5. The quantitative estimate of drug-likeness (QED) is 0.769. The Morgan fingerprint density at radius 1 is 1.24 bits per heavy atom. The third-order valence-electron chi connectivity index (χ3n) is 4.40. The molecule has 0 bridgehead atoms. The second kappa shape index (κ2) is 8.66. The van der Waals surface area contributed by atoms with Crippen LogP contribution < -0.4 is 10.1 Å². The number of benzene rings is 1. The van der Waals surface area contributed by atoms with E-state index in [-0.39, 0.29) is 40.8 Å². The number of carbonyl (C=O) groups is 1. The zero-order chi connectivity index (χ0) is 21.2. The fraction of sp³-hybridized carbons (Fsp3) is 0.368. The number of aromatic nitrogens is 1. The lowest BCUT2D eigenvalue weighted by molar-refractivity contribution is -0.0440. The van der Waals surface area contributed by atoms with Crippen molar-refractivity contribution in [1.29, 1.82) is 0 Å². The molecule has 156 valence electrons. The fourth-order valence-electron chi connectivity index (χ4n) is 3.09. The zero-order valence-corrected chi connectivity index (χ0v) is 17.8. The highest BCUT2D eigenvalue weighted by molar-refractivity contribution is 7.89. The number of sulfonamides is 1. The van der Waals surface area contributed by atoms with Crippen molar-refractivity contribution in [2.45, 2.75) is 31.0 Å². The minimum atomic E-state index is -3.88. The Hall–Kier alpha value is -2.20. The molecule has 1 aliphatic rings. The number of ether oxygens (including phenoxy) is 2. The second-order valence-corrected chi connectivity index (χ2v) is 9.08. The third kappa shape index (κ3) is 4.87. The van der Waals surface area contributed by atoms with Crippen LogP contribution in [0.5, 0.6) is 5.88 Å². The molecule has 1 aromatic carbocycles. The van der Waals surface area contributed by atoms with Crippen LogP contribution in [0.25, 0.3) is 0 Å². The molecule has 2 heterocycles. The van der Waals surface area contributed by atoms with Gasteiger partial charge in [0.1, 0.15) is 4.90 Å². The number of pyridine rings is 1. The van der Waals surface area contributed by atoms with E-state index < -0.39 is 15.9 Å². The first-order valence-corrected chi connectivity index (χ1v) is 10.8. The van der Waals surface area contributed by atoms with E-state index in [0.717, 1.165) is 0 Å². The molecule has 1 saturated heterocycles. The van der Waals surface area contributed by atoms with Crippen molar-refractivity contribution in [2.24, 2.45) is 0 Å². The van der Waals surface area contributed by atoms with Crippen LogP contribution in [0.3, 0.4) is 0 Å². The number of carbonyl (C=O) groups excluding carboxylic acids is 1. The van der Waals surface area contributed by atoms with Crippen molar-refractivity contribution >= 4 is 33.2 Å². The summed E-state index contributed by atoms with van der Waals surface area (Å²) in [4.78, 5) is 16.5. The summed E-state index contributed by atoms with van der Waals surface area (Å²) in [6, 6.07) is 7.40. The molecule has 2 aromatic rings. The van der Waals surface area contributed by atoms with Crippen molar-refractivity contribution in [3.05, 3.63) is 47.1 Å². The van der Waals surface area contributed by atoms with E-state index in [1.807, 2.05) is 13.8 Å². The summed E-state index contributed by atoms with van der Waals surface area (Å²) in [5.41, 5.74) is 0.615. The van der Waals surface area contributed by atoms with Crippen LogP contribution in [-0.2, 0) is 14.8 Å². The topological polar surface area (TPSA) is 97.8 Å². The van der Waals surface area contributed by atoms with E-state index in [9.17, 15) is 13.2 Å². The van der Waals surface area contributed by atoms with Gasteiger partial charge in [0.05, 0.1) is 36.2 Å². The smallest absolute Gasteiger partial charge is 0.255 e. The summed E-state index contributed by atoms with van der Waals surface area (Å²) >= 11 is 6.18. The van der Waals surface area contributed by atoms with Crippen LogP contribution in [0.4, 0.5) is 5.69 Å². The van der Waals surface area contributed by atoms with Crippen LogP contribution in [0, 0.1) is 0 Å². The molecule has 0 radical (unpaired) electrons. The number of nitrogens with zero attached hydrogens (tertiary/aromatic N) is 2. The second-order valence-electron chi connectivity index (χ2n) is 6.77. The summed E-state index contributed by atoms with van der Waals surface area (Å²) in [7, 11) is -2.39. The molecule has 29 heavy (non-hydrogen) atoms. The normalized spacial score (nSPS) is 20.3. The monoisotopic (exact) mass is 439 g/mol. The Morgan fingerprint density at radius 2 is 1.93 bits per heavy atom. The largest absolute Gasteiger partial charge is 0.481 e. The summed E-state index contributed by atoms with van der Waals surface area (Å²) in [6.45, 7) is 4.06. The number of amides is 1. The van der Waals surface area contributed by atoms with Gasteiger partial charge in [-0.2, -0.15) is 4.31 Å². The van der Waals surface area contributed by atoms with Gasteiger partial charge >= 0.3 is 0 Å². The van der Waals surface area contributed by atoms with Crippen molar-refractivity contribution in [3.8, 4) is 5.88 Å². The van der Waals surface area contributed by atoms with Gasteiger partial charge < -0.3 is 14.8 Å². The summed E-state index contributed by atoms with van der Waals surface area (Å²) in [6.07, 6.45) is 0.976. The first-order chi connectivity index (χ1) is 13.7. The minimum absolute atomic E-state index is 0.0551. The molecule has 3 rings (SSSR count). The van der Waals surface area contributed by atoms with Crippen molar-refractivity contribution in [1.82, 2.24) is 9.29 Å². The van der Waals surface area contributed by atoms with Gasteiger partial charge in [0, 0.05) is 24.7 Å². The van der Waals surface area contributed by atoms with Crippen LogP contribution in [0.2, 0.25) is 5.02 Å². The molecule has 2 atom stereocenters. The molecule has 8 nitrogen and oxygen atoms in total. The summed E-state index contributed by atoms with van der Waals surface area (Å²) < 4.78 is 38.2. The van der Waals surface area contributed by atoms with Gasteiger partial charge in [-0.3, -0.25) is 4.79 Å². The highest BCUT2D eigenvalue weighted by Gasteiger charge is 2.33. The van der Waals surface area contributed by atoms with Gasteiger partial charge in [0.2, 0.25) is 15.9 Å². The average molecular weight is 440 g/mol. The first-order valence-electron chi connectivity index (χ1n) is 8.97. The fourth-order valence-corrected chi connectivity index (χ4v) is 5.18. The van der Waals surface area contributed by atoms with E-state index in [0.29, 0.717) is 11.6 Å². The lowest BCUT2D eigenvalue weighted by Gasteiger charge is -2.34. The Balaban J connectivity index is 1.85.